The van der Waals surface area contributed by atoms with Crippen LogP contribution >= 0.6 is 0 Å². The summed E-state index contributed by atoms with van der Waals surface area (Å²) in [6, 6.07) is 18.6. The zero-order chi connectivity index (χ0) is 20.6. The summed E-state index contributed by atoms with van der Waals surface area (Å²) in [6.07, 6.45) is 1.02. The van der Waals surface area contributed by atoms with E-state index in [9.17, 15) is 4.79 Å². The second-order valence-electron chi connectivity index (χ2n) is 7.83. The zero-order valence-corrected chi connectivity index (χ0v) is 17.9. The van der Waals surface area contributed by atoms with Gasteiger partial charge in [-0.2, -0.15) is 0 Å². The first-order valence-electron chi connectivity index (χ1n) is 10.7. The Balaban J connectivity index is 1.49. The van der Waals surface area contributed by atoms with Crippen LogP contribution in [-0.2, 0) is 4.79 Å². The summed E-state index contributed by atoms with van der Waals surface area (Å²) >= 11 is 0. The number of methoxy groups -OCH3 is 1. The van der Waals surface area contributed by atoms with Crippen molar-refractivity contribution >= 4 is 11.6 Å². The molecule has 3 rings (SSSR count). The van der Waals surface area contributed by atoms with Crippen LogP contribution in [0.3, 0.4) is 0 Å². The van der Waals surface area contributed by atoms with Crippen molar-refractivity contribution < 1.29 is 14.4 Å². The van der Waals surface area contributed by atoms with Gasteiger partial charge in [-0.3, -0.25) is 4.79 Å². The van der Waals surface area contributed by atoms with Crippen LogP contribution in [-0.4, -0.2) is 51.8 Å². The molecule has 156 valence electrons. The normalized spacial score (nSPS) is 16.9. The first-order chi connectivity index (χ1) is 14.1. The predicted molar refractivity (Wildman–Crippen MR) is 118 cm³/mol. The van der Waals surface area contributed by atoms with E-state index < -0.39 is 0 Å². The van der Waals surface area contributed by atoms with Crippen LogP contribution in [0.5, 0.6) is 5.75 Å². The predicted octanol–water partition coefficient (Wildman–Crippen LogP) is 2.10. The topological polar surface area (TPSA) is 46.0 Å². The average molecular weight is 397 g/mol. The molecule has 0 saturated carbocycles. The number of hydrogen-bond acceptors (Lipinski definition) is 3. The Morgan fingerprint density at radius 1 is 1.14 bits per heavy atom. The van der Waals surface area contributed by atoms with Crippen molar-refractivity contribution in [2.75, 3.05) is 44.7 Å². The summed E-state index contributed by atoms with van der Waals surface area (Å²) in [6.45, 7) is 8.74. The molecule has 1 aliphatic heterocycles. The fraction of sp³-hybridized carbons (Fsp3) is 0.458. The highest BCUT2D eigenvalue weighted by molar-refractivity contribution is 5.80. The molecule has 2 aromatic rings. The molecule has 0 unspecified atom stereocenters. The molecule has 1 saturated heterocycles. The van der Waals surface area contributed by atoms with Crippen LogP contribution < -0.4 is 19.9 Å². The fourth-order valence-electron chi connectivity index (χ4n) is 4.08. The number of rotatable bonds is 8. The molecule has 5 nitrogen and oxygen atoms in total. The van der Waals surface area contributed by atoms with E-state index in [0.717, 1.165) is 38.3 Å². The maximum atomic E-state index is 12.8. The van der Waals surface area contributed by atoms with Crippen LogP contribution in [0.2, 0.25) is 0 Å². The third-order valence-electron chi connectivity index (χ3n) is 6.12. The van der Waals surface area contributed by atoms with Crippen LogP contribution in [0.4, 0.5) is 5.69 Å². The van der Waals surface area contributed by atoms with Crippen molar-refractivity contribution in [3.63, 3.8) is 0 Å². The lowest BCUT2D eigenvalue weighted by Gasteiger charge is -2.36. The van der Waals surface area contributed by atoms with E-state index in [4.69, 9.17) is 4.74 Å². The minimum atomic E-state index is -0.0317. The Morgan fingerprint density at radius 3 is 2.52 bits per heavy atom. The molecule has 0 radical (unpaired) electrons. The van der Waals surface area contributed by atoms with Gasteiger partial charge in [0.25, 0.3) is 5.91 Å². The van der Waals surface area contributed by atoms with Gasteiger partial charge in [0.15, 0.2) is 6.04 Å². The first-order valence-corrected chi connectivity index (χ1v) is 10.7. The number of carbonyl (C=O) groups is 1. The average Bonchev–Trinajstić information content (AvgIpc) is 2.79. The Kier molecular flexibility index (Phi) is 7.53. The number of quaternary nitrogens is 1. The highest BCUT2D eigenvalue weighted by Gasteiger charge is 2.29. The van der Waals surface area contributed by atoms with Gasteiger partial charge >= 0.3 is 0 Å². The zero-order valence-electron chi connectivity index (χ0n) is 17.9. The summed E-state index contributed by atoms with van der Waals surface area (Å²) in [5, 5.41) is 3.20. The molecule has 1 heterocycles. The largest absolute Gasteiger partial charge is 0.497 e. The van der Waals surface area contributed by atoms with Crippen LogP contribution in [0.1, 0.15) is 31.7 Å². The van der Waals surface area contributed by atoms with Crippen molar-refractivity contribution in [3.8, 4) is 5.75 Å². The maximum absolute atomic E-state index is 12.8. The molecule has 0 aromatic heterocycles. The number of ether oxygens (including phenoxy) is 1. The van der Waals surface area contributed by atoms with Gasteiger partial charge in [0.2, 0.25) is 0 Å². The van der Waals surface area contributed by atoms with Crippen LogP contribution in [0.25, 0.3) is 0 Å². The third kappa shape index (κ3) is 5.51. The molecule has 1 aliphatic rings. The Hall–Kier alpha value is -2.53. The molecule has 2 aromatic carbocycles. The van der Waals surface area contributed by atoms with Crippen molar-refractivity contribution in [2.24, 2.45) is 0 Å². The monoisotopic (exact) mass is 396 g/mol. The van der Waals surface area contributed by atoms with Gasteiger partial charge in [0.05, 0.1) is 33.3 Å². The Bertz CT molecular complexity index is 773. The minimum absolute atomic E-state index is 0.0317. The molecule has 0 bridgehead atoms. The van der Waals surface area contributed by atoms with Crippen molar-refractivity contribution in [1.29, 1.82) is 0 Å². The van der Waals surface area contributed by atoms with Gasteiger partial charge < -0.3 is 19.9 Å². The molecule has 29 heavy (non-hydrogen) atoms. The minimum Gasteiger partial charge on any atom is -0.497 e. The highest BCUT2D eigenvalue weighted by Crippen LogP contribution is 2.21. The molecular weight excluding hydrogens is 362 g/mol. The van der Waals surface area contributed by atoms with E-state index >= 15 is 0 Å². The summed E-state index contributed by atoms with van der Waals surface area (Å²) in [7, 11) is 1.70. The summed E-state index contributed by atoms with van der Waals surface area (Å²) in [4.78, 5) is 16.5. The standard InChI is InChI=1S/C24H33N3O2/c1-4-20(21-9-6-5-7-10-21)18-25-24(28)19(2)26-13-15-27(16-14-26)22-11-8-12-23(17-22)29-3/h5-12,17,19-20H,4,13-16,18H2,1-3H3,(H,25,28)/p+1/t19-,20-/m0/s1. The number of nitrogens with zero attached hydrogens (tertiary/aromatic N) is 1. The highest BCUT2D eigenvalue weighted by atomic mass is 16.5. The number of nitrogens with one attached hydrogen (secondary N) is 2. The summed E-state index contributed by atoms with van der Waals surface area (Å²) in [5.41, 5.74) is 2.48. The molecule has 1 fully saturated rings. The quantitative estimate of drug-likeness (QED) is 0.718. The molecule has 5 heteroatoms. The third-order valence-corrected chi connectivity index (χ3v) is 6.12. The van der Waals surface area contributed by atoms with E-state index in [-0.39, 0.29) is 11.9 Å². The molecular formula is C24H34N3O2+. The lowest BCUT2D eigenvalue weighted by molar-refractivity contribution is -0.914. The van der Waals surface area contributed by atoms with Gasteiger partial charge in [0.1, 0.15) is 5.75 Å². The first kappa shape index (κ1) is 21.2. The number of hydrogen-bond donors (Lipinski definition) is 2. The Labute approximate surface area is 174 Å². The van der Waals surface area contributed by atoms with Crippen LogP contribution in [0.15, 0.2) is 54.6 Å². The lowest BCUT2D eigenvalue weighted by Crippen LogP contribution is -3.19. The summed E-state index contributed by atoms with van der Waals surface area (Å²) in [5.74, 6) is 1.41. The number of amides is 1. The van der Waals surface area contributed by atoms with Crippen molar-refractivity contribution in [2.45, 2.75) is 32.2 Å². The number of anilines is 1. The molecule has 2 N–H and O–H groups in total. The van der Waals surface area contributed by atoms with E-state index in [0.29, 0.717) is 12.5 Å². The van der Waals surface area contributed by atoms with E-state index in [1.165, 1.54) is 16.2 Å². The molecule has 1 amide bonds. The second kappa shape index (κ2) is 10.3. The van der Waals surface area contributed by atoms with Gasteiger partial charge in [-0.25, -0.2) is 0 Å². The van der Waals surface area contributed by atoms with Crippen molar-refractivity contribution in [1.82, 2.24) is 5.32 Å². The SMILES string of the molecule is CC[C@@H](CNC(=O)[C@H](C)[NH+]1CCN(c2cccc(OC)c2)CC1)c1ccccc1. The fourth-order valence-corrected chi connectivity index (χ4v) is 4.08. The lowest BCUT2D eigenvalue weighted by atomic mass is 9.96. The maximum Gasteiger partial charge on any atom is 0.278 e. The number of benzene rings is 2. The van der Waals surface area contributed by atoms with E-state index in [2.05, 4.69) is 60.5 Å². The van der Waals surface area contributed by atoms with E-state index in [1.807, 2.05) is 18.2 Å². The Morgan fingerprint density at radius 2 is 1.86 bits per heavy atom. The van der Waals surface area contributed by atoms with Crippen LogP contribution in [0, 0.1) is 0 Å². The smallest absolute Gasteiger partial charge is 0.278 e. The second-order valence-corrected chi connectivity index (χ2v) is 7.83. The molecule has 0 spiro atoms. The molecule has 0 aliphatic carbocycles. The number of carbonyl (C=O) groups excluding carboxylic acids is 1. The van der Waals surface area contributed by atoms with E-state index in [1.54, 1.807) is 7.11 Å². The number of piperazine rings is 1. The summed E-state index contributed by atoms with van der Waals surface area (Å²) < 4.78 is 5.34. The van der Waals surface area contributed by atoms with Gasteiger partial charge in [-0.05, 0) is 31.0 Å². The van der Waals surface area contributed by atoms with Gasteiger partial charge in [0, 0.05) is 24.2 Å². The van der Waals surface area contributed by atoms with Crippen molar-refractivity contribution in [3.05, 3.63) is 60.2 Å². The van der Waals surface area contributed by atoms with Gasteiger partial charge in [-0.15, -0.1) is 0 Å². The molecule has 2 atom stereocenters. The van der Waals surface area contributed by atoms with Gasteiger partial charge in [-0.1, -0.05) is 43.3 Å².